The summed E-state index contributed by atoms with van der Waals surface area (Å²) in [5, 5.41) is 4.88. The number of nitrogens with one attached hydrogen (secondary N) is 1. The van der Waals surface area contributed by atoms with E-state index >= 15 is 0 Å². The van der Waals surface area contributed by atoms with Crippen LogP contribution in [0.2, 0.25) is 0 Å². The third-order valence-electron chi connectivity index (χ3n) is 2.86. The fraction of sp³-hybridized carbons (Fsp3) is 0.188. The highest BCUT2D eigenvalue weighted by Crippen LogP contribution is 2.12. The Balaban J connectivity index is 1.92. The molecule has 0 aliphatic carbocycles. The van der Waals surface area contributed by atoms with E-state index in [2.05, 4.69) is 31.3 Å². The summed E-state index contributed by atoms with van der Waals surface area (Å²) in [6.07, 6.45) is 3.45. The van der Waals surface area contributed by atoms with Gasteiger partial charge in [-0.05, 0) is 42.5 Å². The first-order valence-electron chi connectivity index (χ1n) is 6.21. The van der Waals surface area contributed by atoms with Crippen molar-refractivity contribution in [2.75, 3.05) is 0 Å². The molecule has 0 aliphatic rings. The van der Waals surface area contributed by atoms with Gasteiger partial charge in [0.1, 0.15) is 0 Å². The summed E-state index contributed by atoms with van der Waals surface area (Å²) in [7, 11) is 0. The van der Waals surface area contributed by atoms with E-state index in [9.17, 15) is 4.79 Å². The van der Waals surface area contributed by atoms with Crippen molar-refractivity contribution in [2.24, 2.45) is 0 Å². The number of carbonyl (C=O) groups is 1. The zero-order chi connectivity index (χ0) is 13.7. The Morgan fingerprint density at radius 3 is 2.84 bits per heavy atom. The highest BCUT2D eigenvalue weighted by Gasteiger charge is 1.98. The van der Waals surface area contributed by atoms with Gasteiger partial charge in [0.2, 0.25) is 5.91 Å². The molecule has 0 saturated carbocycles. The molecule has 19 heavy (non-hydrogen) atoms. The number of thiophene rings is 1. The molecular formula is C16H17NOS. The second-order valence-electron chi connectivity index (χ2n) is 4.49. The lowest BCUT2D eigenvalue weighted by molar-refractivity contribution is -0.116. The first kappa shape index (κ1) is 13.6. The molecule has 98 valence electrons. The number of carbonyl (C=O) groups excluding carboxylic acids is 1. The second kappa shape index (κ2) is 6.34. The molecular weight excluding hydrogens is 254 g/mol. The molecule has 0 aliphatic heterocycles. The summed E-state index contributed by atoms with van der Waals surface area (Å²) in [5.74, 6) is -0.0617. The van der Waals surface area contributed by atoms with Gasteiger partial charge in [0.15, 0.2) is 0 Å². The number of rotatable bonds is 4. The van der Waals surface area contributed by atoms with E-state index in [0.29, 0.717) is 6.54 Å². The minimum absolute atomic E-state index is 0.0617. The Morgan fingerprint density at radius 1 is 1.32 bits per heavy atom. The van der Waals surface area contributed by atoms with Crippen molar-refractivity contribution in [1.29, 1.82) is 0 Å². The lowest BCUT2D eigenvalue weighted by Gasteiger charge is -2.02. The highest BCUT2D eigenvalue weighted by atomic mass is 32.1. The van der Waals surface area contributed by atoms with Crippen molar-refractivity contribution >= 4 is 23.3 Å². The molecule has 0 atom stereocenters. The van der Waals surface area contributed by atoms with Crippen LogP contribution in [-0.4, -0.2) is 5.91 Å². The Bertz CT molecular complexity index is 585. The summed E-state index contributed by atoms with van der Waals surface area (Å²) in [6.45, 7) is 4.71. The first-order valence-corrected chi connectivity index (χ1v) is 7.08. The van der Waals surface area contributed by atoms with Crippen molar-refractivity contribution in [2.45, 2.75) is 20.4 Å². The molecule has 1 aromatic heterocycles. The Labute approximate surface area is 117 Å². The van der Waals surface area contributed by atoms with E-state index in [4.69, 9.17) is 0 Å². The number of aryl methyl sites for hydroxylation is 2. The van der Waals surface area contributed by atoms with Gasteiger partial charge < -0.3 is 5.32 Å². The maximum atomic E-state index is 11.7. The lowest BCUT2D eigenvalue weighted by atomic mass is 10.1. The van der Waals surface area contributed by atoms with Crippen molar-refractivity contribution in [3.63, 3.8) is 0 Å². The topological polar surface area (TPSA) is 29.1 Å². The number of hydrogen-bond acceptors (Lipinski definition) is 2. The van der Waals surface area contributed by atoms with E-state index < -0.39 is 0 Å². The van der Waals surface area contributed by atoms with Gasteiger partial charge >= 0.3 is 0 Å². The molecule has 0 spiro atoms. The quantitative estimate of drug-likeness (QED) is 0.844. The summed E-state index contributed by atoms with van der Waals surface area (Å²) in [5.41, 5.74) is 3.50. The van der Waals surface area contributed by atoms with Crippen molar-refractivity contribution in [1.82, 2.24) is 5.32 Å². The molecule has 1 aromatic carbocycles. The van der Waals surface area contributed by atoms with E-state index in [1.54, 1.807) is 17.4 Å². The maximum absolute atomic E-state index is 11.7. The fourth-order valence-electron chi connectivity index (χ4n) is 1.82. The Kier molecular flexibility index (Phi) is 4.53. The molecule has 3 heteroatoms. The minimum Gasteiger partial charge on any atom is -0.348 e. The molecule has 2 aromatic rings. The van der Waals surface area contributed by atoms with Gasteiger partial charge in [-0.1, -0.05) is 29.8 Å². The summed E-state index contributed by atoms with van der Waals surface area (Å²) < 4.78 is 0. The van der Waals surface area contributed by atoms with Crippen LogP contribution in [0.1, 0.15) is 21.6 Å². The molecule has 0 radical (unpaired) electrons. The van der Waals surface area contributed by atoms with Gasteiger partial charge in [0.25, 0.3) is 0 Å². The largest absolute Gasteiger partial charge is 0.348 e. The van der Waals surface area contributed by atoms with Crippen molar-refractivity contribution in [3.05, 3.63) is 63.4 Å². The maximum Gasteiger partial charge on any atom is 0.244 e. The second-order valence-corrected chi connectivity index (χ2v) is 5.52. The average molecular weight is 271 g/mol. The van der Waals surface area contributed by atoms with Crippen LogP contribution >= 0.6 is 11.3 Å². The zero-order valence-corrected chi connectivity index (χ0v) is 12.0. The van der Waals surface area contributed by atoms with E-state index in [1.807, 2.05) is 29.7 Å². The third-order valence-corrected chi connectivity index (χ3v) is 3.73. The molecule has 0 saturated heterocycles. The SMILES string of the molecule is Cc1ccc(/C=C/C(=O)NCc2cccs2)c(C)c1. The molecule has 2 rings (SSSR count). The van der Waals surface area contributed by atoms with Gasteiger partial charge in [-0.15, -0.1) is 11.3 Å². The summed E-state index contributed by atoms with van der Waals surface area (Å²) >= 11 is 1.64. The van der Waals surface area contributed by atoms with E-state index in [0.717, 1.165) is 10.4 Å². The summed E-state index contributed by atoms with van der Waals surface area (Å²) in [6, 6.07) is 10.2. The first-order chi connectivity index (χ1) is 9.15. The van der Waals surface area contributed by atoms with Crippen LogP contribution in [0.3, 0.4) is 0 Å². The molecule has 0 bridgehead atoms. The van der Waals surface area contributed by atoms with Gasteiger partial charge in [-0.3, -0.25) is 4.79 Å². The standard InChI is InChI=1S/C16H17NOS/c1-12-5-6-14(13(2)10-12)7-8-16(18)17-11-15-4-3-9-19-15/h3-10H,11H2,1-2H3,(H,17,18)/b8-7+. The van der Waals surface area contributed by atoms with Gasteiger partial charge in [-0.2, -0.15) is 0 Å². The van der Waals surface area contributed by atoms with Crippen molar-refractivity contribution < 1.29 is 4.79 Å². The number of amides is 1. The average Bonchev–Trinajstić information content (AvgIpc) is 2.88. The number of hydrogen-bond donors (Lipinski definition) is 1. The van der Waals surface area contributed by atoms with Crippen LogP contribution in [0.5, 0.6) is 0 Å². The normalized spacial score (nSPS) is 10.8. The van der Waals surface area contributed by atoms with Crippen LogP contribution in [0.15, 0.2) is 41.8 Å². The number of benzene rings is 1. The van der Waals surface area contributed by atoms with Gasteiger partial charge in [-0.25, -0.2) is 0 Å². The van der Waals surface area contributed by atoms with Gasteiger partial charge in [0.05, 0.1) is 6.54 Å². The van der Waals surface area contributed by atoms with E-state index in [1.165, 1.54) is 11.1 Å². The molecule has 0 unspecified atom stereocenters. The van der Waals surface area contributed by atoms with Crippen LogP contribution in [-0.2, 0) is 11.3 Å². The lowest BCUT2D eigenvalue weighted by Crippen LogP contribution is -2.19. The molecule has 1 heterocycles. The summed E-state index contributed by atoms with van der Waals surface area (Å²) in [4.78, 5) is 12.9. The Morgan fingerprint density at radius 2 is 2.16 bits per heavy atom. The molecule has 0 fully saturated rings. The minimum atomic E-state index is -0.0617. The molecule has 2 nitrogen and oxygen atoms in total. The molecule has 1 amide bonds. The fourth-order valence-corrected chi connectivity index (χ4v) is 2.47. The van der Waals surface area contributed by atoms with E-state index in [-0.39, 0.29) is 5.91 Å². The van der Waals surface area contributed by atoms with Gasteiger partial charge in [0, 0.05) is 11.0 Å². The van der Waals surface area contributed by atoms with Crippen LogP contribution in [0.4, 0.5) is 0 Å². The Hall–Kier alpha value is -1.87. The highest BCUT2D eigenvalue weighted by molar-refractivity contribution is 7.09. The predicted molar refractivity (Wildman–Crippen MR) is 81.1 cm³/mol. The van der Waals surface area contributed by atoms with Crippen molar-refractivity contribution in [3.8, 4) is 0 Å². The smallest absolute Gasteiger partial charge is 0.244 e. The third kappa shape index (κ3) is 4.07. The van der Waals surface area contributed by atoms with Crippen LogP contribution in [0.25, 0.3) is 6.08 Å². The monoisotopic (exact) mass is 271 g/mol. The van der Waals surface area contributed by atoms with Crippen LogP contribution < -0.4 is 5.32 Å². The van der Waals surface area contributed by atoms with Crippen LogP contribution in [0, 0.1) is 13.8 Å². The zero-order valence-electron chi connectivity index (χ0n) is 11.1. The molecule has 1 N–H and O–H groups in total. The predicted octanol–water partition coefficient (Wildman–Crippen LogP) is 3.69.